The van der Waals surface area contributed by atoms with Gasteiger partial charge in [0.15, 0.2) is 0 Å². The van der Waals surface area contributed by atoms with Crippen molar-refractivity contribution in [3.63, 3.8) is 0 Å². The van der Waals surface area contributed by atoms with Crippen LogP contribution in [0.15, 0.2) is 24.3 Å². The molecule has 2 aliphatic rings. The minimum absolute atomic E-state index is 0.00841. The van der Waals surface area contributed by atoms with Crippen molar-refractivity contribution in [2.24, 2.45) is 5.92 Å². The molecule has 2 N–H and O–H groups in total. The molecule has 1 saturated carbocycles. The number of hydrogen-bond acceptors (Lipinski definition) is 5. The quantitative estimate of drug-likeness (QED) is 0.655. The minimum atomic E-state index is -3.27. The molecule has 1 aliphatic heterocycles. The average molecular weight is 453 g/mol. The Balaban J connectivity index is 1.46. The Bertz CT molecular complexity index is 822. The minimum Gasteiger partial charge on any atom is -0.490 e. The van der Waals surface area contributed by atoms with Crippen LogP contribution in [-0.2, 0) is 19.6 Å². The van der Waals surface area contributed by atoms with Crippen LogP contribution < -0.4 is 14.8 Å². The summed E-state index contributed by atoms with van der Waals surface area (Å²) in [6, 6.07) is 7.42. The molecular weight excluding hydrogens is 416 g/mol. The van der Waals surface area contributed by atoms with Crippen LogP contribution in [0, 0.1) is 5.92 Å². The molecule has 1 saturated heterocycles. The van der Waals surface area contributed by atoms with Gasteiger partial charge in [-0.15, -0.1) is 0 Å². The summed E-state index contributed by atoms with van der Waals surface area (Å²) in [5.74, 6) is 0.689. The number of anilines is 1. The molecule has 0 aromatic heterocycles. The Kier molecular flexibility index (Phi) is 7.99. The van der Waals surface area contributed by atoms with E-state index in [1.807, 2.05) is 24.3 Å². The molecule has 1 aromatic rings. The zero-order valence-electron chi connectivity index (χ0n) is 19.0. The van der Waals surface area contributed by atoms with Gasteiger partial charge >= 0.3 is 0 Å². The lowest BCUT2D eigenvalue weighted by Crippen LogP contribution is -2.42. The maximum Gasteiger partial charge on any atom is 0.227 e. The second kappa shape index (κ2) is 10.3. The van der Waals surface area contributed by atoms with Gasteiger partial charge in [-0.3, -0.25) is 4.79 Å². The van der Waals surface area contributed by atoms with Crippen LogP contribution >= 0.6 is 0 Å². The highest BCUT2D eigenvalue weighted by atomic mass is 32.2. The smallest absolute Gasteiger partial charge is 0.227 e. The van der Waals surface area contributed by atoms with Crippen molar-refractivity contribution in [2.75, 3.05) is 5.32 Å². The average Bonchev–Trinajstić information content (AvgIpc) is 2.69. The third kappa shape index (κ3) is 6.92. The van der Waals surface area contributed by atoms with Crippen LogP contribution in [0.4, 0.5) is 5.69 Å². The Labute approximate surface area is 186 Å². The topological polar surface area (TPSA) is 93.7 Å². The molecule has 0 bridgehead atoms. The van der Waals surface area contributed by atoms with Gasteiger partial charge < -0.3 is 14.8 Å². The lowest BCUT2D eigenvalue weighted by Gasteiger charge is -2.32. The summed E-state index contributed by atoms with van der Waals surface area (Å²) in [7, 11) is -3.27. The van der Waals surface area contributed by atoms with E-state index in [1.165, 1.54) is 0 Å². The van der Waals surface area contributed by atoms with Gasteiger partial charge in [-0.2, -0.15) is 0 Å². The first-order chi connectivity index (χ1) is 14.6. The molecule has 31 heavy (non-hydrogen) atoms. The Morgan fingerprint density at radius 3 is 2.16 bits per heavy atom. The van der Waals surface area contributed by atoms with Crippen molar-refractivity contribution in [3.05, 3.63) is 24.3 Å². The van der Waals surface area contributed by atoms with Crippen molar-refractivity contribution in [1.29, 1.82) is 0 Å². The van der Waals surface area contributed by atoms with Crippen LogP contribution in [0.2, 0.25) is 0 Å². The molecule has 2 fully saturated rings. The zero-order valence-corrected chi connectivity index (χ0v) is 19.8. The predicted molar refractivity (Wildman–Crippen MR) is 122 cm³/mol. The largest absolute Gasteiger partial charge is 0.490 e. The van der Waals surface area contributed by atoms with E-state index in [9.17, 15) is 13.2 Å². The fourth-order valence-electron chi connectivity index (χ4n) is 4.34. The first kappa shape index (κ1) is 24.0. The third-order valence-corrected chi connectivity index (χ3v) is 8.03. The van der Waals surface area contributed by atoms with E-state index < -0.39 is 15.3 Å². The second-order valence-corrected chi connectivity index (χ2v) is 11.5. The van der Waals surface area contributed by atoms with Crippen molar-refractivity contribution >= 4 is 21.6 Å². The molecule has 0 spiro atoms. The number of carbonyl (C=O) groups is 1. The van der Waals surface area contributed by atoms with Crippen molar-refractivity contribution in [1.82, 2.24) is 4.72 Å². The lowest BCUT2D eigenvalue weighted by atomic mass is 9.86. The SMILES string of the molecule is CC1CC(Oc2ccc(NC(=O)C3CCC(NS(=O)(=O)C(C)C)CC3)cc2)CC(C)O1. The van der Waals surface area contributed by atoms with Gasteiger partial charge in [-0.25, -0.2) is 13.1 Å². The molecule has 8 heteroatoms. The Morgan fingerprint density at radius 1 is 1.03 bits per heavy atom. The molecule has 2 unspecified atom stereocenters. The second-order valence-electron chi connectivity index (χ2n) is 9.24. The maximum absolute atomic E-state index is 12.6. The highest BCUT2D eigenvalue weighted by Gasteiger charge is 2.30. The molecule has 2 atom stereocenters. The van der Waals surface area contributed by atoms with Crippen molar-refractivity contribution in [2.45, 2.75) is 95.8 Å². The number of sulfonamides is 1. The summed E-state index contributed by atoms with van der Waals surface area (Å²) in [6.07, 6.45) is 5.00. The van der Waals surface area contributed by atoms with Crippen molar-refractivity contribution in [3.8, 4) is 5.75 Å². The number of hydrogen-bond donors (Lipinski definition) is 2. The summed E-state index contributed by atoms with van der Waals surface area (Å²) >= 11 is 0. The predicted octanol–water partition coefficient (Wildman–Crippen LogP) is 3.85. The van der Waals surface area contributed by atoms with Crippen LogP contribution in [-0.4, -0.2) is 43.9 Å². The molecule has 174 valence electrons. The Hall–Kier alpha value is -1.64. The summed E-state index contributed by atoms with van der Waals surface area (Å²) in [5, 5.41) is 2.54. The fourth-order valence-corrected chi connectivity index (χ4v) is 5.31. The number of amides is 1. The first-order valence-corrected chi connectivity index (χ1v) is 12.9. The summed E-state index contributed by atoms with van der Waals surface area (Å²) in [4.78, 5) is 12.6. The number of nitrogens with one attached hydrogen (secondary N) is 2. The number of ether oxygens (including phenoxy) is 2. The first-order valence-electron chi connectivity index (χ1n) is 11.4. The number of benzene rings is 1. The fraction of sp³-hybridized carbons (Fsp3) is 0.696. The molecule has 3 rings (SSSR count). The van der Waals surface area contributed by atoms with E-state index in [0.29, 0.717) is 25.7 Å². The summed E-state index contributed by atoms with van der Waals surface area (Å²) in [6.45, 7) is 7.47. The molecule has 1 heterocycles. The van der Waals surface area contributed by atoms with E-state index in [2.05, 4.69) is 23.9 Å². The zero-order chi connectivity index (χ0) is 22.6. The maximum atomic E-state index is 12.6. The van der Waals surface area contributed by atoms with E-state index in [-0.39, 0.29) is 36.2 Å². The van der Waals surface area contributed by atoms with Crippen LogP contribution in [0.1, 0.15) is 66.2 Å². The van der Waals surface area contributed by atoms with Gasteiger partial charge in [0, 0.05) is 30.5 Å². The molecule has 1 aromatic carbocycles. The molecular formula is C23H36N2O5S. The lowest BCUT2D eigenvalue weighted by molar-refractivity contribution is -0.120. The van der Waals surface area contributed by atoms with Gasteiger partial charge in [0.2, 0.25) is 15.9 Å². The summed E-state index contributed by atoms with van der Waals surface area (Å²) < 4.78 is 38.7. The normalized spacial score (nSPS) is 29.5. The van der Waals surface area contributed by atoms with Crippen LogP contribution in [0.25, 0.3) is 0 Å². The van der Waals surface area contributed by atoms with Gasteiger partial charge in [-0.05, 0) is 77.6 Å². The monoisotopic (exact) mass is 452 g/mol. The Morgan fingerprint density at radius 2 is 1.61 bits per heavy atom. The highest BCUT2D eigenvalue weighted by Crippen LogP contribution is 2.28. The molecule has 1 amide bonds. The van der Waals surface area contributed by atoms with E-state index in [1.54, 1.807) is 13.8 Å². The molecule has 1 aliphatic carbocycles. The van der Waals surface area contributed by atoms with E-state index in [0.717, 1.165) is 24.3 Å². The number of rotatable bonds is 7. The summed E-state index contributed by atoms with van der Waals surface area (Å²) in [5.41, 5.74) is 0.744. The van der Waals surface area contributed by atoms with Gasteiger partial charge in [0.1, 0.15) is 11.9 Å². The number of carbonyl (C=O) groups excluding carboxylic acids is 1. The van der Waals surface area contributed by atoms with Gasteiger partial charge in [-0.1, -0.05) is 0 Å². The van der Waals surface area contributed by atoms with Crippen molar-refractivity contribution < 1.29 is 22.7 Å². The highest BCUT2D eigenvalue weighted by molar-refractivity contribution is 7.90. The van der Waals surface area contributed by atoms with Gasteiger partial charge in [0.25, 0.3) is 0 Å². The molecule has 7 nitrogen and oxygen atoms in total. The van der Waals surface area contributed by atoms with Crippen LogP contribution in [0.5, 0.6) is 5.75 Å². The van der Waals surface area contributed by atoms with E-state index >= 15 is 0 Å². The standard InChI is InChI=1S/C23H36N2O5S/c1-15(2)31(27,28)25-20-7-5-18(6-8-20)23(26)24-19-9-11-21(12-10-19)30-22-13-16(3)29-17(4)14-22/h9-12,15-18,20,22,25H,5-8,13-14H2,1-4H3,(H,24,26). The van der Waals surface area contributed by atoms with Gasteiger partial charge in [0.05, 0.1) is 17.5 Å². The third-order valence-electron chi connectivity index (χ3n) is 6.13. The molecule has 0 radical (unpaired) electrons. The van der Waals surface area contributed by atoms with E-state index in [4.69, 9.17) is 9.47 Å². The van der Waals surface area contributed by atoms with Crippen LogP contribution in [0.3, 0.4) is 0 Å².